The van der Waals surface area contributed by atoms with E-state index in [1.807, 2.05) is 0 Å². The van der Waals surface area contributed by atoms with Crippen LogP contribution in [0.4, 0.5) is 13.2 Å². The van der Waals surface area contributed by atoms with E-state index in [1.165, 1.54) is 18.2 Å². The van der Waals surface area contributed by atoms with Crippen LogP contribution in [0.25, 0.3) is 0 Å². The number of rotatable bonds is 1. The zero-order valence-corrected chi connectivity index (χ0v) is 9.98. The van der Waals surface area contributed by atoms with Crippen LogP contribution in [0.1, 0.15) is 11.1 Å². The van der Waals surface area contributed by atoms with Gasteiger partial charge in [0.05, 0.1) is 4.90 Å². The molecule has 0 amide bonds. The quantitative estimate of drug-likeness (QED) is 0.803. The van der Waals surface area contributed by atoms with Crippen molar-refractivity contribution in [2.24, 2.45) is 5.14 Å². The van der Waals surface area contributed by atoms with Gasteiger partial charge in [0.2, 0.25) is 10.0 Å². The summed E-state index contributed by atoms with van der Waals surface area (Å²) in [6, 6.07) is 2.33. The molecule has 1 heterocycles. The summed E-state index contributed by atoms with van der Waals surface area (Å²) >= 11 is 0. The fourth-order valence-corrected chi connectivity index (χ4v) is 2.46. The molecule has 1 aliphatic heterocycles. The first kappa shape index (κ1) is 13.3. The summed E-state index contributed by atoms with van der Waals surface area (Å²) in [6.07, 6.45) is -4.51. The third-order valence-corrected chi connectivity index (χ3v) is 3.78. The van der Waals surface area contributed by atoms with Crippen LogP contribution < -0.4 is 10.5 Å². The molecule has 0 aliphatic carbocycles. The number of nitrogens with one attached hydrogen (secondary N) is 1. The van der Waals surface area contributed by atoms with Crippen molar-refractivity contribution < 1.29 is 21.6 Å². The van der Waals surface area contributed by atoms with Crippen LogP contribution in [0.5, 0.6) is 0 Å². The van der Waals surface area contributed by atoms with Crippen molar-refractivity contribution in [2.45, 2.75) is 30.1 Å². The lowest BCUT2D eigenvalue weighted by atomic mass is 9.96. The zero-order chi connectivity index (χ0) is 13.6. The summed E-state index contributed by atoms with van der Waals surface area (Å²) in [6.45, 7) is -0.0249. The number of fused-ring (bicyclic) bond motifs is 1. The van der Waals surface area contributed by atoms with Gasteiger partial charge in [-0.15, -0.1) is 0 Å². The Balaban J connectivity index is 2.32. The second-order valence-corrected chi connectivity index (χ2v) is 5.72. The molecule has 0 radical (unpaired) electrons. The highest BCUT2D eigenvalue weighted by Crippen LogP contribution is 2.28. The van der Waals surface area contributed by atoms with Crippen LogP contribution >= 0.6 is 0 Å². The smallest absolute Gasteiger partial charge is 0.302 e. The van der Waals surface area contributed by atoms with Crippen LogP contribution in [0.3, 0.4) is 0 Å². The number of primary sulfonamides is 1. The second kappa shape index (κ2) is 4.22. The molecule has 0 saturated carbocycles. The van der Waals surface area contributed by atoms with E-state index in [0.717, 1.165) is 0 Å². The van der Waals surface area contributed by atoms with E-state index < -0.39 is 22.2 Å². The number of sulfonamides is 1. The molecule has 0 unspecified atom stereocenters. The first-order valence-electron chi connectivity index (χ1n) is 5.12. The fourth-order valence-electron chi connectivity index (χ4n) is 1.90. The molecule has 18 heavy (non-hydrogen) atoms. The van der Waals surface area contributed by atoms with Gasteiger partial charge in [-0.1, -0.05) is 6.07 Å². The van der Waals surface area contributed by atoms with Crippen molar-refractivity contribution in [1.29, 1.82) is 0 Å². The van der Waals surface area contributed by atoms with Crippen molar-refractivity contribution in [3.05, 3.63) is 29.3 Å². The molecule has 0 aromatic heterocycles. The lowest BCUT2D eigenvalue weighted by Crippen LogP contribution is -2.46. The van der Waals surface area contributed by atoms with Crippen molar-refractivity contribution in [3.63, 3.8) is 0 Å². The van der Waals surface area contributed by atoms with Crippen LogP contribution in [0.2, 0.25) is 0 Å². The first-order valence-corrected chi connectivity index (χ1v) is 6.67. The van der Waals surface area contributed by atoms with Crippen molar-refractivity contribution in [2.75, 3.05) is 0 Å². The molecular weight excluding hydrogens is 269 g/mol. The molecule has 3 N–H and O–H groups in total. The molecule has 1 aliphatic rings. The Morgan fingerprint density at radius 1 is 1.28 bits per heavy atom. The Labute approximate surface area is 102 Å². The molecule has 8 heteroatoms. The Morgan fingerprint density at radius 3 is 2.50 bits per heavy atom. The maximum Gasteiger partial charge on any atom is 0.404 e. The molecule has 2 rings (SSSR count). The molecule has 4 nitrogen and oxygen atoms in total. The van der Waals surface area contributed by atoms with Gasteiger partial charge in [0.15, 0.2) is 0 Å². The number of hydrogen-bond donors (Lipinski definition) is 2. The minimum absolute atomic E-state index is 0.0249. The lowest BCUT2D eigenvalue weighted by Gasteiger charge is -2.28. The monoisotopic (exact) mass is 280 g/mol. The lowest BCUT2D eigenvalue weighted by molar-refractivity contribution is -0.157. The van der Waals surface area contributed by atoms with Gasteiger partial charge in [-0.05, 0) is 29.7 Å². The van der Waals surface area contributed by atoms with Gasteiger partial charge in [0.25, 0.3) is 0 Å². The van der Waals surface area contributed by atoms with E-state index in [9.17, 15) is 21.6 Å². The van der Waals surface area contributed by atoms with Crippen molar-refractivity contribution >= 4 is 10.0 Å². The highest BCUT2D eigenvalue weighted by molar-refractivity contribution is 7.89. The van der Waals surface area contributed by atoms with Crippen molar-refractivity contribution in [3.8, 4) is 0 Å². The highest BCUT2D eigenvalue weighted by atomic mass is 32.2. The molecule has 0 spiro atoms. The van der Waals surface area contributed by atoms with E-state index in [0.29, 0.717) is 11.1 Å². The second-order valence-electron chi connectivity index (χ2n) is 4.15. The number of halogens is 3. The maximum absolute atomic E-state index is 12.5. The number of nitrogens with two attached hydrogens (primary N) is 1. The van der Waals surface area contributed by atoms with Crippen LogP contribution in [-0.4, -0.2) is 20.6 Å². The summed E-state index contributed by atoms with van der Waals surface area (Å²) in [5.74, 6) is 0. The van der Waals surface area contributed by atoms with Gasteiger partial charge >= 0.3 is 6.18 Å². The van der Waals surface area contributed by atoms with E-state index in [-0.39, 0.29) is 17.9 Å². The zero-order valence-electron chi connectivity index (χ0n) is 9.16. The Morgan fingerprint density at radius 2 is 1.94 bits per heavy atom. The van der Waals surface area contributed by atoms with Crippen molar-refractivity contribution in [1.82, 2.24) is 5.32 Å². The predicted octanol–water partition coefficient (Wildman–Crippen LogP) is 0.911. The van der Waals surface area contributed by atoms with Crippen LogP contribution in [0, 0.1) is 0 Å². The molecule has 100 valence electrons. The van der Waals surface area contributed by atoms with Gasteiger partial charge in [-0.25, -0.2) is 13.6 Å². The molecule has 1 aromatic carbocycles. The standard InChI is InChI=1S/C10H11F3N2O2S/c11-10(12,13)9-4-6-1-2-8(18(14,16)17)3-7(6)5-15-9/h1-3,9,15H,4-5H2,(H2,14,16,17)/t9-/m1/s1. The Kier molecular flexibility index (Phi) is 3.12. The largest absolute Gasteiger partial charge is 0.404 e. The van der Waals surface area contributed by atoms with Crippen LogP contribution in [-0.2, 0) is 23.0 Å². The molecule has 1 atom stereocenters. The third-order valence-electron chi connectivity index (χ3n) is 2.86. The van der Waals surface area contributed by atoms with Gasteiger partial charge in [0, 0.05) is 6.54 Å². The molecule has 0 bridgehead atoms. The Hall–Kier alpha value is -1.12. The van der Waals surface area contributed by atoms with Gasteiger partial charge in [0.1, 0.15) is 6.04 Å². The van der Waals surface area contributed by atoms with Gasteiger partial charge in [-0.2, -0.15) is 13.2 Å². The summed E-state index contributed by atoms with van der Waals surface area (Å²) in [4.78, 5) is -0.0893. The molecular formula is C10H11F3N2O2S. The van der Waals surface area contributed by atoms with E-state index in [1.54, 1.807) is 0 Å². The maximum atomic E-state index is 12.5. The summed E-state index contributed by atoms with van der Waals surface area (Å²) in [5.41, 5.74) is 1.02. The minimum Gasteiger partial charge on any atom is -0.302 e. The fraction of sp³-hybridized carbons (Fsp3) is 0.400. The van der Waals surface area contributed by atoms with E-state index in [4.69, 9.17) is 5.14 Å². The topological polar surface area (TPSA) is 72.2 Å². The molecule has 0 fully saturated rings. The molecule has 1 aromatic rings. The van der Waals surface area contributed by atoms with Gasteiger partial charge in [-0.3, -0.25) is 0 Å². The van der Waals surface area contributed by atoms with Gasteiger partial charge < -0.3 is 5.32 Å². The predicted molar refractivity (Wildman–Crippen MR) is 58.2 cm³/mol. The van der Waals surface area contributed by atoms with Crippen LogP contribution in [0.15, 0.2) is 23.1 Å². The van der Waals surface area contributed by atoms with E-state index >= 15 is 0 Å². The third kappa shape index (κ3) is 2.65. The Bertz CT molecular complexity index is 569. The number of hydrogen-bond acceptors (Lipinski definition) is 3. The normalized spacial score (nSPS) is 20.6. The number of benzene rings is 1. The van der Waals surface area contributed by atoms with E-state index in [2.05, 4.69) is 5.32 Å². The summed E-state index contributed by atoms with van der Waals surface area (Å²) in [5, 5.41) is 7.29. The average Bonchev–Trinajstić information content (AvgIpc) is 2.25. The highest BCUT2D eigenvalue weighted by Gasteiger charge is 2.41. The summed E-state index contributed by atoms with van der Waals surface area (Å²) < 4.78 is 59.8. The first-order chi connectivity index (χ1) is 8.18. The number of alkyl halides is 3. The average molecular weight is 280 g/mol. The summed E-state index contributed by atoms with van der Waals surface area (Å²) in [7, 11) is -3.83. The minimum atomic E-state index is -4.31. The molecule has 0 saturated heterocycles. The SMILES string of the molecule is NS(=O)(=O)c1ccc2c(c1)CN[C@@H](C(F)(F)F)C2.